The molecule has 0 radical (unpaired) electrons. The van der Waals surface area contributed by atoms with Crippen LogP contribution in [-0.2, 0) is 14.3 Å². The molecule has 0 aliphatic heterocycles. The van der Waals surface area contributed by atoms with Crippen LogP contribution in [0.4, 0.5) is 10.1 Å². The van der Waals surface area contributed by atoms with E-state index in [4.69, 9.17) is 15.2 Å². The standard InChI is InChI=1S/C16H23FN2O4/c1-9(23-16(2,3)4)13(15(21)22-5)19-14(20)11-7-6-10(17)8-12(11)18/h6-9,13H,18H2,1-5H3,(H,19,20)/t9?,13-/m0/s1. The molecular weight excluding hydrogens is 303 g/mol. The topological polar surface area (TPSA) is 90.7 Å². The third-order valence-corrected chi connectivity index (χ3v) is 3.01. The highest BCUT2D eigenvalue weighted by Crippen LogP contribution is 2.16. The van der Waals surface area contributed by atoms with E-state index in [0.717, 1.165) is 12.1 Å². The number of carbonyl (C=O) groups excluding carboxylic acids is 2. The van der Waals surface area contributed by atoms with Crippen molar-refractivity contribution in [2.24, 2.45) is 0 Å². The van der Waals surface area contributed by atoms with Crippen LogP contribution in [0.2, 0.25) is 0 Å². The van der Waals surface area contributed by atoms with Gasteiger partial charge in [0.1, 0.15) is 5.82 Å². The highest BCUT2D eigenvalue weighted by Gasteiger charge is 2.32. The third-order valence-electron chi connectivity index (χ3n) is 3.01. The van der Waals surface area contributed by atoms with Gasteiger partial charge in [-0.3, -0.25) is 4.79 Å². The highest BCUT2D eigenvalue weighted by molar-refractivity contribution is 6.01. The van der Waals surface area contributed by atoms with Gasteiger partial charge < -0.3 is 20.5 Å². The fourth-order valence-corrected chi connectivity index (χ4v) is 2.08. The number of ether oxygens (including phenoxy) is 2. The van der Waals surface area contributed by atoms with Crippen LogP contribution < -0.4 is 11.1 Å². The van der Waals surface area contributed by atoms with Crippen molar-refractivity contribution in [3.8, 4) is 0 Å². The van der Waals surface area contributed by atoms with Crippen molar-refractivity contribution >= 4 is 17.6 Å². The summed E-state index contributed by atoms with van der Waals surface area (Å²) in [6.07, 6.45) is -0.631. The van der Waals surface area contributed by atoms with E-state index in [9.17, 15) is 14.0 Å². The lowest BCUT2D eigenvalue weighted by atomic mass is 10.1. The lowest BCUT2D eigenvalue weighted by Gasteiger charge is -2.30. The zero-order chi connectivity index (χ0) is 17.8. The number of nitrogens with two attached hydrogens (primary N) is 1. The molecule has 2 atom stereocenters. The minimum absolute atomic E-state index is 0.0180. The maximum absolute atomic E-state index is 13.1. The van der Waals surface area contributed by atoms with Gasteiger partial charge in [-0.25, -0.2) is 9.18 Å². The Morgan fingerprint density at radius 2 is 1.91 bits per heavy atom. The first kappa shape index (κ1) is 18.9. The number of rotatable bonds is 5. The lowest BCUT2D eigenvalue weighted by molar-refractivity contribution is -0.150. The van der Waals surface area contributed by atoms with Crippen LogP contribution in [0.1, 0.15) is 38.1 Å². The Hall–Kier alpha value is -2.15. The van der Waals surface area contributed by atoms with Gasteiger partial charge in [0.2, 0.25) is 0 Å². The first-order valence-electron chi connectivity index (χ1n) is 7.16. The molecule has 0 aliphatic rings. The molecule has 0 saturated carbocycles. The number of hydrogen-bond donors (Lipinski definition) is 2. The number of carbonyl (C=O) groups is 2. The minimum Gasteiger partial charge on any atom is -0.467 e. The molecule has 1 aromatic carbocycles. The van der Waals surface area contributed by atoms with Gasteiger partial charge in [-0.15, -0.1) is 0 Å². The number of nitrogens with one attached hydrogen (secondary N) is 1. The Kier molecular flexibility index (Phi) is 6.09. The van der Waals surface area contributed by atoms with Crippen molar-refractivity contribution in [3.05, 3.63) is 29.6 Å². The summed E-state index contributed by atoms with van der Waals surface area (Å²) in [6.45, 7) is 7.15. The molecule has 0 aromatic heterocycles. The Labute approximate surface area is 135 Å². The predicted molar refractivity (Wildman–Crippen MR) is 84.4 cm³/mol. The smallest absolute Gasteiger partial charge is 0.331 e. The SMILES string of the molecule is COC(=O)[C@@H](NC(=O)c1ccc(F)cc1N)C(C)OC(C)(C)C. The van der Waals surface area contributed by atoms with Crippen molar-refractivity contribution in [1.82, 2.24) is 5.32 Å². The van der Waals surface area contributed by atoms with Gasteiger partial charge in [0.05, 0.1) is 24.4 Å². The maximum atomic E-state index is 13.1. The number of amides is 1. The molecule has 1 amide bonds. The number of hydrogen-bond acceptors (Lipinski definition) is 5. The third kappa shape index (κ3) is 5.52. The van der Waals surface area contributed by atoms with Gasteiger partial charge in [-0.1, -0.05) is 0 Å². The normalized spacial score (nSPS) is 14.0. The molecule has 7 heteroatoms. The van der Waals surface area contributed by atoms with E-state index in [0.29, 0.717) is 0 Å². The van der Waals surface area contributed by atoms with Crippen molar-refractivity contribution in [1.29, 1.82) is 0 Å². The largest absolute Gasteiger partial charge is 0.467 e. The molecule has 128 valence electrons. The van der Waals surface area contributed by atoms with Crippen LogP contribution in [0, 0.1) is 5.82 Å². The van der Waals surface area contributed by atoms with Gasteiger partial charge in [0, 0.05) is 5.69 Å². The number of esters is 1. The van der Waals surface area contributed by atoms with Crippen molar-refractivity contribution in [2.75, 3.05) is 12.8 Å². The van der Waals surface area contributed by atoms with Crippen LogP contribution >= 0.6 is 0 Å². The molecule has 0 fully saturated rings. The van der Waals surface area contributed by atoms with Crippen molar-refractivity contribution < 1.29 is 23.5 Å². The van der Waals surface area contributed by atoms with Crippen LogP contribution in [0.15, 0.2) is 18.2 Å². The lowest BCUT2D eigenvalue weighted by Crippen LogP contribution is -2.51. The van der Waals surface area contributed by atoms with E-state index in [1.54, 1.807) is 6.92 Å². The summed E-state index contributed by atoms with van der Waals surface area (Å²) in [5, 5.41) is 2.53. The van der Waals surface area contributed by atoms with Gasteiger partial charge in [0.25, 0.3) is 5.91 Å². The molecule has 0 spiro atoms. The van der Waals surface area contributed by atoms with Crippen molar-refractivity contribution in [2.45, 2.75) is 45.4 Å². The van der Waals surface area contributed by atoms with E-state index >= 15 is 0 Å². The summed E-state index contributed by atoms with van der Waals surface area (Å²) in [6, 6.07) is 2.39. The van der Waals surface area contributed by atoms with E-state index < -0.39 is 35.4 Å². The van der Waals surface area contributed by atoms with Crippen LogP contribution in [-0.4, -0.2) is 36.7 Å². The average Bonchev–Trinajstić information content (AvgIpc) is 2.41. The zero-order valence-electron chi connectivity index (χ0n) is 14.0. The molecule has 1 aromatic rings. The van der Waals surface area contributed by atoms with E-state index in [1.165, 1.54) is 13.2 Å². The van der Waals surface area contributed by atoms with Gasteiger partial charge in [-0.2, -0.15) is 0 Å². The Balaban J connectivity index is 2.96. The van der Waals surface area contributed by atoms with E-state index in [1.807, 2.05) is 20.8 Å². The Bertz CT molecular complexity index is 584. The number of methoxy groups -OCH3 is 1. The summed E-state index contributed by atoms with van der Waals surface area (Å²) in [5.74, 6) is -1.80. The van der Waals surface area contributed by atoms with Crippen LogP contribution in [0.25, 0.3) is 0 Å². The summed E-state index contributed by atoms with van der Waals surface area (Å²) in [4.78, 5) is 24.2. The van der Waals surface area contributed by atoms with Gasteiger partial charge in [-0.05, 0) is 45.9 Å². The zero-order valence-corrected chi connectivity index (χ0v) is 14.0. The summed E-state index contributed by atoms with van der Waals surface area (Å²) in [7, 11) is 1.22. The molecular formula is C16H23FN2O4. The minimum atomic E-state index is -1.02. The maximum Gasteiger partial charge on any atom is 0.331 e. The molecule has 1 unspecified atom stereocenters. The van der Waals surface area contributed by atoms with E-state index in [-0.39, 0.29) is 11.3 Å². The first-order chi connectivity index (χ1) is 10.5. The average molecular weight is 326 g/mol. The second kappa shape index (κ2) is 7.41. The number of anilines is 1. The fraction of sp³-hybridized carbons (Fsp3) is 0.500. The van der Waals surface area contributed by atoms with E-state index in [2.05, 4.69) is 5.32 Å². The predicted octanol–water partition coefficient (Wildman–Crippen LogP) is 1.88. The fourth-order valence-electron chi connectivity index (χ4n) is 2.08. The quantitative estimate of drug-likeness (QED) is 0.637. The molecule has 3 N–H and O–H groups in total. The summed E-state index contributed by atoms with van der Waals surface area (Å²) >= 11 is 0. The van der Waals surface area contributed by atoms with Crippen LogP contribution in [0.5, 0.6) is 0 Å². The first-order valence-corrected chi connectivity index (χ1v) is 7.16. The van der Waals surface area contributed by atoms with Gasteiger partial charge in [0.15, 0.2) is 6.04 Å². The molecule has 1 rings (SSSR count). The monoisotopic (exact) mass is 326 g/mol. The highest BCUT2D eigenvalue weighted by atomic mass is 19.1. The molecule has 6 nitrogen and oxygen atoms in total. The number of halogens is 1. The molecule has 0 aliphatic carbocycles. The summed E-state index contributed by atoms with van der Waals surface area (Å²) in [5.41, 5.74) is 5.18. The van der Waals surface area contributed by atoms with Gasteiger partial charge >= 0.3 is 5.97 Å². The molecule has 0 heterocycles. The molecule has 23 heavy (non-hydrogen) atoms. The second-order valence-corrected chi connectivity index (χ2v) is 6.14. The molecule has 0 saturated heterocycles. The van der Waals surface area contributed by atoms with Crippen LogP contribution in [0.3, 0.4) is 0 Å². The summed E-state index contributed by atoms with van der Waals surface area (Å²) < 4.78 is 23.5. The molecule has 0 bridgehead atoms. The second-order valence-electron chi connectivity index (χ2n) is 6.14. The number of benzene rings is 1. The van der Waals surface area contributed by atoms with Crippen molar-refractivity contribution in [3.63, 3.8) is 0 Å². The Morgan fingerprint density at radius 3 is 2.39 bits per heavy atom. The Morgan fingerprint density at radius 1 is 1.30 bits per heavy atom. The number of nitrogen functional groups attached to an aromatic ring is 1.